The van der Waals surface area contributed by atoms with Crippen LogP contribution in [0.2, 0.25) is 0 Å². The van der Waals surface area contributed by atoms with Gasteiger partial charge in [-0.25, -0.2) is 0 Å². The Kier molecular flexibility index (Phi) is 5.90. The first-order valence-electron chi connectivity index (χ1n) is 8.64. The van der Waals surface area contributed by atoms with Crippen molar-refractivity contribution in [2.75, 3.05) is 33.8 Å². The molecule has 2 fully saturated rings. The molecule has 2 aliphatic carbocycles. The molecular formula is C19H24N2O5. The van der Waals surface area contributed by atoms with Gasteiger partial charge in [-0.15, -0.1) is 0 Å². The van der Waals surface area contributed by atoms with E-state index in [1.165, 1.54) is 12.7 Å². The van der Waals surface area contributed by atoms with Crippen LogP contribution in [0.4, 0.5) is 0 Å². The fourth-order valence-corrected chi connectivity index (χ4v) is 2.95. The van der Waals surface area contributed by atoms with E-state index in [0.717, 1.165) is 18.4 Å². The maximum Gasteiger partial charge on any atom is 0.248 e. The quantitative estimate of drug-likeness (QED) is 0.374. The molecule has 3 rings (SSSR count). The summed E-state index contributed by atoms with van der Waals surface area (Å²) in [5.41, 5.74) is 2.86. The second-order valence-electron chi connectivity index (χ2n) is 6.42. The summed E-state index contributed by atoms with van der Waals surface area (Å²) in [5, 5.41) is 11.2. The standard InChI is InChI=1S/C19H24N2O5/c1-12(9-24-10-23-2)19(22)21-6-5-14(13-3-4-13)15-7-17-18(8-16(15)20)26-11-25-17/h7-8,13,20H,1,3-6,9-11H2,2H3,(H,21,22)/b15-14+,20-16?. The summed E-state index contributed by atoms with van der Waals surface area (Å²) in [6.45, 7) is 4.67. The van der Waals surface area contributed by atoms with E-state index in [1.54, 1.807) is 6.08 Å². The number of methoxy groups -OCH3 is 1. The molecule has 0 spiro atoms. The Morgan fingerprint density at radius 2 is 2.08 bits per heavy atom. The van der Waals surface area contributed by atoms with E-state index in [2.05, 4.69) is 11.9 Å². The number of amides is 1. The second-order valence-corrected chi connectivity index (χ2v) is 6.42. The van der Waals surface area contributed by atoms with Gasteiger partial charge in [-0.1, -0.05) is 12.2 Å². The summed E-state index contributed by atoms with van der Waals surface area (Å²) < 4.78 is 20.7. The molecule has 3 aliphatic rings. The number of carbonyl (C=O) groups is 1. The smallest absolute Gasteiger partial charge is 0.248 e. The van der Waals surface area contributed by atoms with E-state index in [0.29, 0.717) is 41.7 Å². The van der Waals surface area contributed by atoms with Crippen LogP contribution in [0.1, 0.15) is 19.3 Å². The molecule has 0 radical (unpaired) electrons. The lowest BCUT2D eigenvalue weighted by Crippen LogP contribution is -2.28. The molecule has 1 saturated heterocycles. The van der Waals surface area contributed by atoms with Gasteiger partial charge in [0, 0.05) is 30.9 Å². The lowest BCUT2D eigenvalue weighted by atomic mass is 9.93. The Balaban J connectivity index is 1.58. The number of ether oxygens (including phenoxy) is 4. The first kappa shape index (κ1) is 18.4. The van der Waals surface area contributed by atoms with Crippen molar-refractivity contribution in [1.29, 1.82) is 5.41 Å². The highest BCUT2D eigenvalue weighted by atomic mass is 16.7. The molecule has 26 heavy (non-hydrogen) atoms. The van der Waals surface area contributed by atoms with Gasteiger partial charge in [-0.3, -0.25) is 4.79 Å². The highest BCUT2D eigenvalue weighted by molar-refractivity contribution is 6.10. The minimum atomic E-state index is -0.229. The molecule has 7 nitrogen and oxygen atoms in total. The van der Waals surface area contributed by atoms with Gasteiger partial charge in [-0.05, 0) is 31.3 Å². The van der Waals surface area contributed by atoms with Crippen molar-refractivity contribution in [3.8, 4) is 0 Å². The zero-order valence-electron chi connectivity index (χ0n) is 14.9. The van der Waals surface area contributed by atoms with Gasteiger partial charge in [0.25, 0.3) is 0 Å². The van der Waals surface area contributed by atoms with E-state index in [9.17, 15) is 4.79 Å². The van der Waals surface area contributed by atoms with E-state index in [1.807, 2.05) is 6.08 Å². The van der Waals surface area contributed by atoms with Crippen molar-refractivity contribution in [3.63, 3.8) is 0 Å². The second kappa shape index (κ2) is 8.33. The van der Waals surface area contributed by atoms with Gasteiger partial charge in [0.1, 0.15) is 6.79 Å². The molecular weight excluding hydrogens is 336 g/mol. The van der Waals surface area contributed by atoms with Gasteiger partial charge >= 0.3 is 0 Å². The predicted molar refractivity (Wildman–Crippen MR) is 95.3 cm³/mol. The van der Waals surface area contributed by atoms with Gasteiger partial charge in [0.15, 0.2) is 11.5 Å². The summed E-state index contributed by atoms with van der Waals surface area (Å²) >= 11 is 0. The van der Waals surface area contributed by atoms with E-state index >= 15 is 0 Å². The zero-order chi connectivity index (χ0) is 18.5. The van der Waals surface area contributed by atoms with Crippen LogP contribution in [-0.2, 0) is 23.7 Å². The summed E-state index contributed by atoms with van der Waals surface area (Å²) in [6.07, 6.45) is 6.52. The van der Waals surface area contributed by atoms with Gasteiger partial charge in [0.05, 0.1) is 12.3 Å². The average molecular weight is 360 g/mol. The molecule has 0 aromatic heterocycles. The fourth-order valence-electron chi connectivity index (χ4n) is 2.95. The van der Waals surface area contributed by atoms with Gasteiger partial charge in [-0.2, -0.15) is 0 Å². The monoisotopic (exact) mass is 360 g/mol. The summed E-state index contributed by atoms with van der Waals surface area (Å²) in [6, 6.07) is 0. The third-order valence-electron chi connectivity index (χ3n) is 4.41. The van der Waals surface area contributed by atoms with Crippen molar-refractivity contribution < 1.29 is 23.7 Å². The normalized spacial score (nSPS) is 20.4. The Hall–Kier alpha value is -2.38. The lowest BCUT2D eigenvalue weighted by molar-refractivity contribution is -0.118. The van der Waals surface area contributed by atoms with E-state index in [-0.39, 0.29) is 26.1 Å². The van der Waals surface area contributed by atoms with Crippen LogP contribution in [0.15, 0.2) is 47.0 Å². The van der Waals surface area contributed by atoms with E-state index in [4.69, 9.17) is 24.4 Å². The number of carbonyl (C=O) groups excluding carboxylic acids is 1. The number of hydrogen-bond donors (Lipinski definition) is 2. The minimum absolute atomic E-state index is 0.127. The molecule has 0 unspecified atom stereocenters. The Labute approximate surface area is 152 Å². The van der Waals surface area contributed by atoms with Crippen molar-refractivity contribution in [1.82, 2.24) is 5.32 Å². The minimum Gasteiger partial charge on any atom is -0.454 e. The Bertz CT molecular complexity index is 701. The molecule has 1 aliphatic heterocycles. The molecule has 0 aromatic carbocycles. The number of hydrogen-bond acceptors (Lipinski definition) is 6. The van der Waals surface area contributed by atoms with Crippen LogP contribution in [0.25, 0.3) is 0 Å². The van der Waals surface area contributed by atoms with Crippen LogP contribution >= 0.6 is 0 Å². The van der Waals surface area contributed by atoms with Crippen molar-refractivity contribution in [2.45, 2.75) is 19.3 Å². The molecule has 0 aromatic rings. The summed E-state index contributed by atoms with van der Waals surface area (Å²) in [5.74, 6) is 1.55. The van der Waals surface area contributed by atoms with Crippen LogP contribution < -0.4 is 5.32 Å². The van der Waals surface area contributed by atoms with Crippen LogP contribution in [0.5, 0.6) is 0 Å². The Morgan fingerprint density at radius 1 is 1.35 bits per heavy atom. The van der Waals surface area contributed by atoms with Gasteiger partial charge < -0.3 is 29.7 Å². The predicted octanol–water partition coefficient (Wildman–Crippen LogP) is 2.18. The molecule has 2 N–H and O–H groups in total. The summed E-state index contributed by atoms with van der Waals surface area (Å²) in [4.78, 5) is 12.0. The number of allylic oxidation sites excluding steroid dienone is 3. The zero-order valence-corrected chi connectivity index (χ0v) is 14.9. The average Bonchev–Trinajstić information content (AvgIpc) is 3.36. The first-order valence-corrected chi connectivity index (χ1v) is 8.64. The molecule has 0 atom stereocenters. The Morgan fingerprint density at radius 3 is 2.77 bits per heavy atom. The maximum absolute atomic E-state index is 12.0. The maximum atomic E-state index is 12.0. The molecule has 140 valence electrons. The number of fused-ring (bicyclic) bond motifs is 1. The highest BCUT2D eigenvalue weighted by Crippen LogP contribution is 2.41. The topological polar surface area (TPSA) is 89.9 Å². The largest absolute Gasteiger partial charge is 0.454 e. The number of rotatable bonds is 9. The van der Waals surface area contributed by atoms with Crippen molar-refractivity contribution in [2.24, 2.45) is 5.92 Å². The lowest BCUT2D eigenvalue weighted by Gasteiger charge is -2.16. The summed E-state index contributed by atoms with van der Waals surface area (Å²) in [7, 11) is 1.52. The van der Waals surface area contributed by atoms with Crippen LogP contribution in [0, 0.1) is 11.3 Å². The van der Waals surface area contributed by atoms with Gasteiger partial charge in [0.2, 0.25) is 12.7 Å². The molecule has 7 heteroatoms. The third-order valence-corrected chi connectivity index (χ3v) is 4.41. The fraction of sp³-hybridized carbons (Fsp3) is 0.474. The first-order chi connectivity index (χ1) is 12.6. The highest BCUT2D eigenvalue weighted by Gasteiger charge is 2.31. The van der Waals surface area contributed by atoms with Crippen LogP contribution in [0.3, 0.4) is 0 Å². The molecule has 1 heterocycles. The molecule has 0 bridgehead atoms. The van der Waals surface area contributed by atoms with Crippen LogP contribution in [-0.4, -0.2) is 45.5 Å². The van der Waals surface area contributed by atoms with E-state index < -0.39 is 0 Å². The SMILES string of the molecule is C=C(COCOC)C(=O)NCC/C(=C1/C=C2OCOC2=CC1=N)C1CC1. The molecule has 1 amide bonds. The number of nitrogens with one attached hydrogen (secondary N) is 2. The third kappa shape index (κ3) is 4.42. The molecule has 1 saturated carbocycles. The van der Waals surface area contributed by atoms with Crippen molar-refractivity contribution >= 4 is 11.6 Å². The van der Waals surface area contributed by atoms with Crippen molar-refractivity contribution in [3.05, 3.63) is 47.0 Å².